The van der Waals surface area contributed by atoms with Crippen LogP contribution in [0.3, 0.4) is 0 Å². The van der Waals surface area contributed by atoms with Gasteiger partial charge in [-0.3, -0.25) is 0 Å². The lowest BCUT2D eigenvalue weighted by Crippen LogP contribution is -2.13. The summed E-state index contributed by atoms with van der Waals surface area (Å²) in [6.45, 7) is 5.73. The van der Waals surface area contributed by atoms with Crippen LogP contribution in [0.25, 0.3) is 0 Å². The standard InChI is InChI=1S/C12H17F2NO/c1-9(2)8-16-7-6-15-11-5-3-4-10(13)12(11)14/h3-5,9,15H,6-8H2,1-2H3. The number of rotatable bonds is 6. The molecule has 0 saturated heterocycles. The van der Waals surface area contributed by atoms with E-state index in [1.807, 2.05) is 0 Å². The summed E-state index contributed by atoms with van der Waals surface area (Å²) in [5.41, 5.74) is 0.174. The fraction of sp³-hybridized carbons (Fsp3) is 0.500. The van der Waals surface area contributed by atoms with Gasteiger partial charge in [0.25, 0.3) is 0 Å². The minimum absolute atomic E-state index is 0.174. The highest BCUT2D eigenvalue weighted by Gasteiger charge is 2.06. The van der Waals surface area contributed by atoms with E-state index in [0.717, 1.165) is 6.07 Å². The maximum Gasteiger partial charge on any atom is 0.181 e. The molecule has 90 valence electrons. The van der Waals surface area contributed by atoms with Crippen LogP contribution in [0.1, 0.15) is 13.8 Å². The largest absolute Gasteiger partial charge is 0.380 e. The zero-order chi connectivity index (χ0) is 12.0. The van der Waals surface area contributed by atoms with Gasteiger partial charge in [0, 0.05) is 13.2 Å². The second-order valence-corrected chi connectivity index (χ2v) is 4.00. The van der Waals surface area contributed by atoms with E-state index >= 15 is 0 Å². The Morgan fingerprint density at radius 1 is 1.31 bits per heavy atom. The molecule has 0 amide bonds. The molecule has 0 aromatic heterocycles. The van der Waals surface area contributed by atoms with Crippen molar-refractivity contribution in [3.05, 3.63) is 29.8 Å². The molecule has 0 aliphatic carbocycles. The third kappa shape index (κ3) is 4.14. The highest BCUT2D eigenvalue weighted by molar-refractivity contribution is 5.44. The molecule has 1 aromatic rings. The van der Waals surface area contributed by atoms with E-state index in [9.17, 15) is 8.78 Å². The van der Waals surface area contributed by atoms with E-state index in [2.05, 4.69) is 19.2 Å². The molecule has 0 fully saturated rings. The number of hydrogen-bond acceptors (Lipinski definition) is 2. The topological polar surface area (TPSA) is 21.3 Å². The van der Waals surface area contributed by atoms with Gasteiger partial charge >= 0.3 is 0 Å². The molecule has 0 spiro atoms. The molecule has 1 rings (SSSR count). The number of hydrogen-bond donors (Lipinski definition) is 1. The number of ether oxygens (including phenoxy) is 1. The van der Waals surface area contributed by atoms with Crippen LogP contribution in [0.2, 0.25) is 0 Å². The van der Waals surface area contributed by atoms with Crippen LogP contribution in [0.15, 0.2) is 18.2 Å². The highest BCUT2D eigenvalue weighted by atomic mass is 19.2. The molecule has 0 aliphatic heterocycles. The van der Waals surface area contributed by atoms with Gasteiger partial charge < -0.3 is 10.1 Å². The first-order chi connectivity index (χ1) is 7.61. The molecule has 2 nitrogen and oxygen atoms in total. The summed E-state index contributed by atoms with van der Waals surface area (Å²) in [5, 5.41) is 2.79. The summed E-state index contributed by atoms with van der Waals surface area (Å²) in [6, 6.07) is 4.06. The quantitative estimate of drug-likeness (QED) is 0.757. The summed E-state index contributed by atoms with van der Waals surface area (Å²) in [5.74, 6) is -1.20. The van der Waals surface area contributed by atoms with Gasteiger partial charge in [0.1, 0.15) is 0 Å². The van der Waals surface area contributed by atoms with Crippen LogP contribution in [0, 0.1) is 17.6 Å². The van der Waals surface area contributed by atoms with E-state index in [-0.39, 0.29) is 5.69 Å². The van der Waals surface area contributed by atoms with Crippen molar-refractivity contribution >= 4 is 5.69 Å². The maximum absolute atomic E-state index is 13.2. The number of nitrogens with one attached hydrogen (secondary N) is 1. The van der Waals surface area contributed by atoms with Crippen molar-refractivity contribution in [1.82, 2.24) is 0 Å². The number of halogens is 2. The van der Waals surface area contributed by atoms with Crippen molar-refractivity contribution in [2.45, 2.75) is 13.8 Å². The predicted molar refractivity (Wildman–Crippen MR) is 60.5 cm³/mol. The lowest BCUT2D eigenvalue weighted by Gasteiger charge is -2.09. The normalized spacial score (nSPS) is 10.8. The Morgan fingerprint density at radius 3 is 2.75 bits per heavy atom. The molecule has 4 heteroatoms. The molecule has 1 aromatic carbocycles. The first kappa shape index (κ1) is 12.9. The first-order valence-electron chi connectivity index (χ1n) is 5.37. The van der Waals surface area contributed by atoms with Gasteiger partial charge in [-0.05, 0) is 18.1 Å². The van der Waals surface area contributed by atoms with Crippen LogP contribution in [-0.2, 0) is 4.74 Å². The fourth-order valence-corrected chi connectivity index (χ4v) is 1.22. The molecule has 0 atom stereocenters. The molecular weight excluding hydrogens is 212 g/mol. The molecule has 0 aliphatic rings. The molecule has 0 unspecified atom stereocenters. The van der Waals surface area contributed by atoms with Gasteiger partial charge in [-0.15, -0.1) is 0 Å². The van der Waals surface area contributed by atoms with E-state index in [1.54, 1.807) is 0 Å². The second-order valence-electron chi connectivity index (χ2n) is 4.00. The Balaban J connectivity index is 2.29. The van der Waals surface area contributed by atoms with Gasteiger partial charge in [0.05, 0.1) is 12.3 Å². The van der Waals surface area contributed by atoms with Crippen LogP contribution in [0.5, 0.6) is 0 Å². The van der Waals surface area contributed by atoms with Crippen LogP contribution < -0.4 is 5.32 Å². The van der Waals surface area contributed by atoms with Gasteiger partial charge in [-0.2, -0.15) is 0 Å². The zero-order valence-electron chi connectivity index (χ0n) is 9.59. The van der Waals surface area contributed by atoms with Gasteiger partial charge in [-0.25, -0.2) is 8.78 Å². The van der Waals surface area contributed by atoms with Crippen molar-refractivity contribution in [1.29, 1.82) is 0 Å². The monoisotopic (exact) mass is 229 g/mol. The Kier molecular flexibility index (Phi) is 5.19. The molecule has 0 saturated carbocycles. The van der Waals surface area contributed by atoms with Gasteiger partial charge in [0.15, 0.2) is 11.6 Å². The summed E-state index contributed by atoms with van der Waals surface area (Å²) in [7, 11) is 0. The van der Waals surface area contributed by atoms with E-state index < -0.39 is 11.6 Å². The van der Waals surface area contributed by atoms with Crippen molar-refractivity contribution in [3.8, 4) is 0 Å². The Labute approximate surface area is 94.6 Å². The fourth-order valence-electron chi connectivity index (χ4n) is 1.22. The summed E-state index contributed by atoms with van der Waals surface area (Å²) >= 11 is 0. The van der Waals surface area contributed by atoms with Gasteiger partial charge in [-0.1, -0.05) is 19.9 Å². The smallest absolute Gasteiger partial charge is 0.181 e. The SMILES string of the molecule is CC(C)COCCNc1cccc(F)c1F. The van der Waals surface area contributed by atoms with Crippen LogP contribution in [0.4, 0.5) is 14.5 Å². The Hall–Kier alpha value is -1.16. The average Bonchev–Trinajstić information content (AvgIpc) is 2.23. The van der Waals surface area contributed by atoms with E-state index in [1.165, 1.54) is 12.1 Å². The molecule has 0 bridgehead atoms. The lowest BCUT2D eigenvalue weighted by atomic mass is 10.2. The molecule has 16 heavy (non-hydrogen) atoms. The predicted octanol–water partition coefficient (Wildman–Crippen LogP) is 3.05. The molecule has 0 heterocycles. The van der Waals surface area contributed by atoms with Gasteiger partial charge in [0.2, 0.25) is 0 Å². The number of anilines is 1. The average molecular weight is 229 g/mol. The number of benzene rings is 1. The van der Waals surface area contributed by atoms with Crippen molar-refractivity contribution in [3.63, 3.8) is 0 Å². The molecular formula is C12H17F2NO. The summed E-state index contributed by atoms with van der Waals surface area (Å²) in [4.78, 5) is 0. The minimum atomic E-state index is -0.841. The first-order valence-corrected chi connectivity index (χ1v) is 5.37. The lowest BCUT2D eigenvalue weighted by molar-refractivity contribution is 0.118. The van der Waals surface area contributed by atoms with E-state index in [4.69, 9.17) is 4.74 Å². The Morgan fingerprint density at radius 2 is 2.06 bits per heavy atom. The van der Waals surface area contributed by atoms with Crippen LogP contribution >= 0.6 is 0 Å². The molecule has 1 N–H and O–H groups in total. The van der Waals surface area contributed by atoms with Crippen LogP contribution in [-0.4, -0.2) is 19.8 Å². The van der Waals surface area contributed by atoms with E-state index in [0.29, 0.717) is 25.7 Å². The van der Waals surface area contributed by atoms with Crippen molar-refractivity contribution < 1.29 is 13.5 Å². The summed E-state index contributed by atoms with van der Waals surface area (Å²) in [6.07, 6.45) is 0. The third-order valence-corrected chi connectivity index (χ3v) is 1.96. The molecule has 0 radical (unpaired) electrons. The summed E-state index contributed by atoms with van der Waals surface area (Å²) < 4.78 is 31.3. The highest BCUT2D eigenvalue weighted by Crippen LogP contribution is 2.15. The van der Waals surface area contributed by atoms with Crippen molar-refractivity contribution in [2.75, 3.05) is 25.1 Å². The third-order valence-electron chi connectivity index (χ3n) is 1.96. The maximum atomic E-state index is 13.2. The van der Waals surface area contributed by atoms with Crippen molar-refractivity contribution in [2.24, 2.45) is 5.92 Å². The Bertz CT molecular complexity index is 329. The zero-order valence-corrected chi connectivity index (χ0v) is 9.59. The minimum Gasteiger partial charge on any atom is -0.380 e. The second kappa shape index (κ2) is 6.43.